The highest BCUT2D eigenvalue weighted by atomic mass is 32.2. The molecule has 0 saturated carbocycles. The monoisotopic (exact) mass is 428 g/mol. The van der Waals surface area contributed by atoms with Crippen molar-refractivity contribution in [3.05, 3.63) is 59.2 Å². The van der Waals surface area contributed by atoms with E-state index in [0.717, 1.165) is 16.8 Å². The van der Waals surface area contributed by atoms with Crippen LogP contribution in [0, 0.1) is 13.8 Å². The van der Waals surface area contributed by atoms with Crippen molar-refractivity contribution in [2.24, 2.45) is 0 Å². The van der Waals surface area contributed by atoms with E-state index in [-0.39, 0.29) is 17.6 Å². The highest BCUT2D eigenvalue weighted by Gasteiger charge is 2.13. The summed E-state index contributed by atoms with van der Waals surface area (Å²) in [7, 11) is 1.54. The number of nitrogens with zero attached hydrogens (tertiary/aromatic N) is 2. The Labute approximate surface area is 176 Å². The van der Waals surface area contributed by atoms with Gasteiger partial charge in [-0.25, -0.2) is 0 Å². The van der Waals surface area contributed by atoms with Crippen molar-refractivity contribution in [3.8, 4) is 5.75 Å². The van der Waals surface area contributed by atoms with Gasteiger partial charge < -0.3 is 10.1 Å². The first-order valence-electron chi connectivity index (χ1n) is 8.74. The second-order valence-corrected chi connectivity index (χ2v) is 8.34. The van der Waals surface area contributed by atoms with E-state index in [1.165, 1.54) is 23.1 Å². The molecule has 29 heavy (non-hydrogen) atoms. The number of aryl methyl sites for hydroxylation is 1. The van der Waals surface area contributed by atoms with Gasteiger partial charge in [0, 0.05) is 11.3 Å². The van der Waals surface area contributed by atoms with Crippen LogP contribution in [0.5, 0.6) is 5.75 Å². The number of anilines is 2. The van der Waals surface area contributed by atoms with Gasteiger partial charge >= 0.3 is 0 Å². The fourth-order valence-electron chi connectivity index (χ4n) is 2.45. The van der Waals surface area contributed by atoms with E-state index in [9.17, 15) is 9.59 Å². The Hall–Kier alpha value is -2.91. The molecule has 0 aliphatic heterocycles. The van der Waals surface area contributed by atoms with Crippen LogP contribution >= 0.6 is 23.1 Å². The maximum atomic E-state index is 12.3. The third-order valence-electron chi connectivity index (χ3n) is 4.16. The lowest BCUT2D eigenvalue weighted by Crippen LogP contribution is -2.15. The predicted molar refractivity (Wildman–Crippen MR) is 116 cm³/mol. The van der Waals surface area contributed by atoms with Gasteiger partial charge in [-0.05, 0) is 49.2 Å². The Bertz CT molecular complexity index is 1040. The number of aromatic nitrogens is 2. The molecular formula is C20H20N4O3S2. The van der Waals surface area contributed by atoms with E-state index in [1.54, 1.807) is 31.4 Å². The summed E-state index contributed by atoms with van der Waals surface area (Å²) in [5.74, 6) is 0.373. The van der Waals surface area contributed by atoms with E-state index in [1.807, 2.05) is 32.0 Å². The number of amides is 2. The number of hydrogen-bond donors (Lipinski definition) is 2. The Morgan fingerprint density at radius 1 is 1.10 bits per heavy atom. The Morgan fingerprint density at radius 2 is 1.90 bits per heavy atom. The zero-order valence-corrected chi connectivity index (χ0v) is 17.8. The second kappa shape index (κ2) is 9.53. The fourth-order valence-corrected chi connectivity index (χ4v) is 4.00. The summed E-state index contributed by atoms with van der Waals surface area (Å²) in [6.07, 6.45) is 0. The van der Waals surface area contributed by atoms with E-state index in [2.05, 4.69) is 20.8 Å². The quantitative estimate of drug-likeness (QED) is 0.434. The molecule has 0 unspecified atom stereocenters. The molecule has 3 rings (SSSR count). The van der Waals surface area contributed by atoms with Gasteiger partial charge in [0.1, 0.15) is 5.75 Å². The Kier molecular flexibility index (Phi) is 6.84. The summed E-state index contributed by atoms with van der Waals surface area (Å²) in [4.78, 5) is 24.5. The van der Waals surface area contributed by atoms with Crippen molar-refractivity contribution in [1.82, 2.24) is 10.2 Å². The van der Waals surface area contributed by atoms with Crippen LogP contribution in [-0.4, -0.2) is 34.9 Å². The van der Waals surface area contributed by atoms with E-state index in [0.29, 0.717) is 20.8 Å². The molecule has 0 fully saturated rings. The van der Waals surface area contributed by atoms with Gasteiger partial charge in [0.2, 0.25) is 11.0 Å². The molecule has 2 amide bonds. The Morgan fingerprint density at radius 3 is 2.69 bits per heavy atom. The number of ether oxygens (including phenoxy) is 1. The molecule has 7 nitrogen and oxygen atoms in total. The fraction of sp³-hybridized carbons (Fsp3) is 0.200. The van der Waals surface area contributed by atoms with Crippen molar-refractivity contribution < 1.29 is 14.3 Å². The molecule has 0 bridgehead atoms. The summed E-state index contributed by atoms with van der Waals surface area (Å²) in [6, 6.07) is 12.6. The molecule has 0 aliphatic rings. The minimum atomic E-state index is -0.302. The molecule has 9 heteroatoms. The van der Waals surface area contributed by atoms with Crippen LogP contribution in [0.4, 0.5) is 10.8 Å². The van der Waals surface area contributed by atoms with Crippen molar-refractivity contribution in [2.75, 3.05) is 23.5 Å². The van der Waals surface area contributed by atoms with E-state index in [4.69, 9.17) is 4.74 Å². The average molecular weight is 429 g/mol. The van der Waals surface area contributed by atoms with Crippen LogP contribution in [0.25, 0.3) is 0 Å². The maximum absolute atomic E-state index is 12.3. The number of methoxy groups -OCH3 is 1. The zero-order chi connectivity index (χ0) is 20.8. The van der Waals surface area contributed by atoms with E-state index >= 15 is 0 Å². The van der Waals surface area contributed by atoms with Crippen LogP contribution < -0.4 is 15.4 Å². The third-order valence-corrected chi connectivity index (χ3v) is 6.14. The molecule has 150 valence electrons. The van der Waals surface area contributed by atoms with Gasteiger partial charge in [-0.2, -0.15) is 0 Å². The number of hydrogen-bond acceptors (Lipinski definition) is 7. The molecule has 0 radical (unpaired) electrons. The van der Waals surface area contributed by atoms with Crippen molar-refractivity contribution >= 4 is 45.7 Å². The normalized spacial score (nSPS) is 10.4. The molecule has 0 atom stereocenters. The summed E-state index contributed by atoms with van der Waals surface area (Å²) >= 11 is 2.49. The van der Waals surface area contributed by atoms with Gasteiger partial charge in [0.15, 0.2) is 4.34 Å². The molecule has 0 spiro atoms. The maximum Gasteiger partial charge on any atom is 0.257 e. The van der Waals surface area contributed by atoms with Gasteiger partial charge in [-0.15, -0.1) is 10.2 Å². The van der Waals surface area contributed by atoms with Crippen molar-refractivity contribution in [2.45, 2.75) is 18.2 Å². The van der Waals surface area contributed by atoms with Crippen molar-refractivity contribution in [3.63, 3.8) is 0 Å². The van der Waals surface area contributed by atoms with Crippen LogP contribution in [0.1, 0.15) is 21.5 Å². The van der Waals surface area contributed by atoms with Crippen LogP contribution in [0.2, 0.25) is 0 Å². The standard InChI is InChI=1S/C20H20N4O3S2/c1-12-6-4-9-16(13(12)2)21-17(25)11-28-20-24-23-19(29-20)22-18(26)14-7-5-8-15(10-14)27-3/h4-10H,11H2,1-3H3,(H,21,25)(H,22,23,26). The molecule has 0 saturated heterocycles. The molecule has 2 aromatic carbocycles. The van der Waals surface area contributed by atoms with E-state index < -0.39 is 0 Å². The number of carbonyl (C=O) groups excluding carboxylic acids is 2. The van der Waals surface area contributed by atoms with Gasteiger partial charge in [-0.1, -0.05) is 41.3 Å². The second-order valence-electron chi connectivity index (χ2n) is 6.14. The minimum Gasteiger partial charge on any atom is -0.497 e. The lowest BCUT2D eigenvalue weighted by Gasteiger charge is -2.09. The van der Waals surface area contributed by atoms with Gasteiger partial charge in [0.25, 0.3) is 5.91 Å². The third kappa shape index (κ3) is 5.55. The summed E-state index contributed by atoms with van der Waals surface area (Å²) in [5, 5.41) is 14.0. The molecule has 0 aliphatic carbocycles. The van der Waals surface area contributed by atoms with Crippen LogP contribution in [0.15, 0.2) is 46.8 Å². The number of nitrogens with one attached hydrogen (secondary N) is 2. The minimum absolute atomic E-state index is 0.124. The van der Waals surface area contributed by atoms with Gasteiger partial charge in [-0.3, -0.25) is 14.9 Å². The number of rotatable bonds is 7. The first kappa shape index (κ1) is 20.8. The lowest BCUT2D eigenvalue weighted by atomic mass is 10.1. The lowest BCUT2D eigenvalue weighted by molar-refractivity contribution is -0.113. The first-order valence-corrected chi connectivity index (χ1v) is 10.5. The van der Waals surface area contributed by atoms with Crippen LogP contribution in [0.3, 0.4) is 0 Å². The number of benzene rings is 2. The molecule has 3 aromatic rings. The highest BCUT2D eigenvalue weighted by Crippen LogP contribution is 2.26. The average Bonchev–Trinajstić information content (AvgIpc) is 3.17. The molecule has 1 heterocycles. The summed E-state index contributed by atoms with van der Waals surface area (Å²) in [5.41, 5.74) is 3.43. The number of carbonyl (C=O) groups is 2. The Balaban J connectivity index is 1.54. The zero-order valence-electron chi connectivity index (χ0n) is 16.2. The summed E-state index contributed by atoms with van der Waals surface area (Å²) in [6.45, 7) is 3.97. The largest absolute Gasteiger partial charge is 0.497 e. The summed E-state index contributed by atoms with van der Waals surface area (Å²) < 4.78 is 5.72. The number of thioether (sulfide) groups is 1. The molecule has 1 aromatic heterocycles. The molecular weight excluding hydrogens is 408 g/mol. The SMILES string of the molecule is COc1cccc(C(=O)Nc2nnc(SCC(=O)Nc3cccc(C)c3C)s2)c1. The van der Waals surface area contributed by atoms with Gasteiger partial charge in [0.05, 0.1) is 12.9 Å². The highest BCUT2D eigenvalue weighted by molar-refractivity contribution is 8.01. The van der Waals surface area contributed by atoms with Crippen molar-refractivity contribution in [1.29, 1.82) is 0 Å². The smallest absolute Gasteiger partial charge is 0.257 e. The van der Waals surface area contributed by atoms with Crippen LogP contribution in [-0.2, 0) is 4.79 Å². The molecule has 2 N–H and O–H groups in total. The topological polar surface area (TPSA) is 93.2 Å². The first-order chi connectivity index (χ1) is 14.0. The predicted octanol–water partition coefficient (Wildman–Crippen LogP) is 4.15.